The molecule has 1 aromatic heterocycles. The van der Waals surface area contributed by atoms with Crippen LogP contribution in [0.25, 0.3) is 11.0 Å². The van der Waals surface area contributed by atoms with Crippen molar-refractivity contribution in [3.05, 3.63) is 36.6 Å². The largest absolute Gasteiger partial charge is 0.503 e. The summed E-state index contributed by atoms with van der Waals surface area (Å²) in [6, 6.07) is 9.90. The molecule has 0 amide bonds. The van der Waals surface area contributed by atoms with Crippen molar-refractivity contribution in [1.82, 2.24) is 0 Å². The fourth-order valence-electron chi connectivity index (χ4n) is 0.906. The summed E-state index contributed by atoms with van der Waals surface area (Å²) in [5.41, 5.74) is 0.956. The van der Waals surface area contributed by atoms with Gasteiger partial charge in [0, 0.05) is 5.39 Å². The molecular weight excluding hydrogens is 172 g/mol. The van der Waals surface area contributed by atoms with Gasteiger partial charge in [0.2, 0.25) is 0 Å². The molecule has 4 nitrogen and oxygen atoms in total. The Balaban J connectivity index is 0.000000184. The maximum atomic E-state index is 8.56. The Morgan fingerprint density at radius 3 is 2.38 bits per heavy atom. The van der Waals surface area contributed by atoms with Crippen molar-refractivity contribution in [3.63, 3.8) is 0 Å². The van der Waals surface area contributed by atoms with Gasteiger partial charge < -0.3 is 14.6 Å². The van der Waals surface area contributed by atoms with Gasteiger partial charge in [-0.05, 0) is 12.1 Å². The fraction of sp³-hybridized carbons (Fsp3) is 0. The molecule has 2 aromatic rings. The number of benzene rings is 1. The van der Waals surface area contributed by atoms with Crippen LogP contribution in [0.4, 0.5) is 4.79 Å². The molecule has 0 saturated heterocycles. The molecule has 0 aliphatic rings. The summed E-state index contributed by atoms with van der Waals surface area (Å²) in [6.45, 7) is 0. The number of rotatable bonds is 0. The topological polar surface area (TPSA) is 70.7 Å². The summed E-state index contributed by atoms with van der Waals surface area (Å²) in [4.78, 5) is 8.56. The van der Waals surface area contributed by atoms with Crippen LogP contribution >= 0.6 is 0 Å². The van der Waals surface area contributed by atoms with E-state index >= 15 is 0 Å². The Morgan fingerprint density at radius 1 is 1.15 bits per heavy atom. The van der Waals surface area contributed by atoms with Crippen LogP contribution in [-0.4, -0.2) is 16.4 Å². The van der Waals surface area contributed by atoms with Gasteiger partial charge in [-0.3, -0.25) is 0 Å². The first-order valence-electron chi connectivity index (χ1n) is 3.54. The van der Waals surface area contributed by atoms with Gasteiger partial charge in [-0.25, -0.2) is 4.79 Å². The summed E-state index contributed by atoms with van der Waals surface area (Å²) >= 11 is 0. The maximum absolute atomic E-state index is 8.56. The van der Waals surface area contributed by atoms with E-state index < -0.39 is 6.16 Å². The predicted octanol–water partition coefficient (Wildman–Crippen LogP) is 2.66. The molecule has 0 saturated carbocycles. The molecule has 0 radical (unpaired) electrons. The number of carbonyl (C=O) groups is 1. The molecule has 4 heteroatoms. The van der Waals surface area contributed by atoms with E-state index in [9.17, 15) is 0 Å². The van der Waals surface area contributed by atoms with Crippen molar-refractivity contribution < 1.29 is 19.4 Å². The van der Waals surface area contributed by atoms with Crippen molar-refractivity contribution in [2.24, 2.45) is 0 Å². The molecule has 0 spiro atoms. The highest BCUT2D eigenvalue weighted by molar-refractivity contribution is 5.76. The second-order valence-electron chi connectivity index (χ2n) is 2.24. The normalized spacial score (nSPS) is 8.92. The zero-order chi connectivity index (χ0) is 9.68. The van der Waals surface area contributed by atoms with Crippen LogP contribution in [0.15, 0.2) is 41.0 Å². The van der Waals surface area contributed by atoms with Gasteiger partial charge in [0.15, 0.2) is 0 Å². The molecule has 0 atom stereocenters. The van der Waals surface area contributed by atoms with Crippen molar-refractivity contribution >= 4 is 17.1 Å². The number of hydrogen-bond donors (Lipinski definition) is 2. The smallest absolute Gasteiger partial charge is 0.464 e. The number of fused-ring (bicyclic) bond motifs is 1. The first-order chi connectivity index (χ1) is 6.20. The number of hydrogen-bond acceptors (Lipinski definition) is 2. The lowest BCUT2D eigenvalue weighted by Gasteiger charge is -1.81. The first-order valence-corrected chi connectivity index (χ1v) is 3.54. The molecule has 0 unspecified atom stereocenters. The van der Waals surface area contributed by atoms with Crippen LogP contribution in [0.2, 0.25) is 0 Å². The minimum Gasteiger partial charge on any atom is -0.464 e. The second-order valence-corrected chi connectivity index (χ2v) is 2.24. The molecule has 2 N–H and O–H groups in total. The molecular formula is C9H8O4. The van der Waals surface area contributed by atoms with Crippen molar-refractivity contribution in [2.75, 3.05) is 0 Å². The van der Waals surface area contributed by atoms with Gasteiger partial charge in [-0.2, -0.15) is 0 Å². The molecule has 1 heterocycles. The molecule has 0 bridgehead atoms. The lowest BCUT2D eigenvalue weighted by Crippen LogP contribution is -1.81. The van der Waals surface area contributed by atoms with E-state index in [0.717, 1.165) is 11.0 Å². The van der Waals surface area contributed by atoms with E-state index in [0.29, 0.717) is 0 Å². The SMILES string of the molecule is O=C(O)O.c1ccc2occc2c1. The summed E-state index contributed by atoms with van der Waals surface area (Å²) in [6.07, 6.45) is -0.134. The summed E-state index contributed by atoms with van der Waals surface area (Å²) < 4.78 is 5.12. The van der Waals surface area contributed by atoms with E-state index in [1.807, 2.05) is 30.3 Å². The monoisotopic (exact) mass is 180 g/mol. The summed E-state index contributed by atoms with van der Waals surface area (Å²) in [5, 5.41) is 15.1. The molecule has 0 aliphatic carbocycles. The van der Waals surface area contributed by atoms with Gasteiger partial charge in [0.1, 0.15) is 5.58 Å². The maximum Gasteiger partial charge on any atom is 0.503 e. The molecule has 13 heavy (non-hydrogen) atoms. The Kier molecular flexibility index (Phi) is 2.92. The Bertz CT molecular complexity index is 357. The van der Waals surface area contributed by atoms with Gasteiger partial charge in [0.05, 0.1) is 6.26 Å². The summed E-state index contributed by atoms with van der Waals surface area (Å²) in [7, 11) is 0. The average Bonchev–Trinajstić information content (AvgIpc) is 2.49. The zero-order valence-corrected chi connectivity index (χ0v) is 6.68. The average molecular weight is 180 g/mol. The summed E-state index contributed by atoms with van der Waals surface area (Å²) in [5.74, 6) is 0. The zero-order valence-electron chi connectivity index (χ0n) is 6.68. The predicted molar refractivity (Wildman–Crippen MR) is 46.9 cm³/mol. The van der Waals surface area contributed by atoms with E-state index in [1.54, 1.807) is 6.26 Å². The third-order valence-corrected chi connectivity index (χ3v) is 1.36. The van der Waals surface area contributed by atoms with Crippen LogP contribution in [0.3, 0.4) is 0 Å². The highest BCUT2D eigenvalue weighted by Gasteiger charge is 1.89. The molecule has 0 aliphatic heterocycles. The van der Waals surface area contributed by atoms with Crippen molar-refractivity contribution in [3.8, 4) is 0 Å². The van der Waals surface area contributed by atoms with Crippen LogP contribution in [-0.2, 0) is 0 Å². The van der Waals surface area contributed by atoms with Gasteiger partial charge in [0.25, 0.3) is 0 Å². The van der Waals surface area contributed by atoms with Crippen LogP contribution in [0.5, 0.6) is 0 Å². The minimum absolute atomic E-state index is 0.956. The van der Waals surface area contributed by atoms with Crippen LogP contribution in [0, 0.1) is 0 Å². The lowest BCUT2D eigenvalue weighted by atomic mass is 10.3. The molecule has 2 rings (SSSR count). The highest BCUT2D eigenvalue weighted by Crippen LogP contribution is 2.12. The molecule has 68 valence electrons. The standard InChI is InChI=1S/C8H6O.CH2O3/c1-2-4-8-7(3-1)5-6-9-8;2-1(3)4/h1-6H;(H2,2,3,4). The van der Waals surface area contributed by atoms with E-state index in [2.05, 4.69) is 0 Å². The molecule has 1 aromatic carbocycles. The van der Waals surface area contributed by atoms with Crippen molar-refractivity contribution in [2.45, 2.75) is 0 Å². The fourth-order valence-corrected chi connectivity index (χ4v) is 0.906. The third kappa shape index (κ3) is 2.86. The van der Waals surface area contributed by atoms with Gasteiger partial charge >= 0.3 is 6.16 Å². The van der Waals surface area contributed by atoms with E-state index in [4.69, 9.17) is 19.4 Å². The minimum atomic E-state index is -1.83. The Hall–Kier alpha value is -1.97. The highest BCUT2D eigenvalue weighted by atomic mass is 16.6. The van der Waals surface area contributed by atoms with Crippen LogP contribution < -0.4 is 0 Å². The number of carboxylic acid groups (broad SMARTS) is 2. The van der Waals surface area contributed by atoms with Gasteiger partial charge in [-0.1, -0.05) is 18.2 Å². The Labute approximate surface area is 74.0 Å². The first kappa shape index (κ1) is 9.12. The van der Waals surface area contributed by atoms with Gasteiger partial charge in [-0.15, -0.1) is 0 Å². The Morgan fingerprint density at radius 2 is 1.77 bits per heavy atom. The lowest BCUT2D eigenvalue weighted by molar-refractivity contribution is 0.137. The quantitative estimate of drug-likeness (QED) is 0.653. The molecule has 0 fully saturated rings. The van der Waals surface area contributed by atoms with Crippen molar-refractivity contribution in [1.29, 1.82) is 0 Å². The van der Waals surface area contributed by atoms with E-state index in [-0.39, 0.29) is 0 Å². The third-order valence-electron chi connectivity index (χ3n) is 1.36. The second kappa shape index (κ2) is 4.15. The van der Waals surface area contributed by atoms with E-state index in [1.165, 1.54) is 0 Å². The van der Waals surface area contributed by atoms with Crippen LogP contribution in [0.1, 0.15) is 0 Å². The number of furan rings is 1. The number of para-hydroxylation sites is 1.